The maximum Gasteiger partial charge on any atom is 0.260 e. The van der Waals surface area contributed by atoms with E-state index in [1.54, 1.807) is 6.20 Å². The first-order valence-electron chi connectivity index (χ1n) is 8.18. The lowest BCUT2D eigenvalue weighted by Gasteiger charge is -2.40. The van der Waals surface area contributed by atoms with Gasteiger partial charge in [-0.3, -0.25) is 4.79 Å². The molecule has 0 bridgehead atoms. The van der Waals surface area contributed by atoms with Crippen LogP contribution in [0.15, 0.2) is 30.5 Å². The Hall–Kier alpha value is -2.41. The molecule has 3 heterocycles. The molecule has 2 aromatic rings. The summed E-state index contributed by atoms with van der Waals surface area (Å²) in [7, 11) is 0. The number of rotatable bonds is 3. The van der Waals surface area contributed by atoms with Crippen LogP contribution in [0.3, 0.4) is 0 Å². The van der Waals surface area contributed by atoms with Crippen LogP contribution >= 0.6 is 0 Å². The quantitative estimate of drug-likeness (QED) is 0.850. The average molecular weight is 328 g/mol. The Morgan fingerprint density at radius 2 is 2.21 bits per heavy atom. The Morgan fingerprint density at radius 1 is 1.38 bits per heavy atom. The van der Waals surface area contributed by atoms with Crippen LogP contribution in [0.1, 0.15) is 23.7 Å². The average Bonchev–Trinajstić information content (AvgIpc) is 3.09. The SMILES string of the molecule is Cc1ccc(OCC(=O)N2CC[C@H]3OCc4cnnn4[C@@H]3C2)cc1. The molecule has 7 nitrogen and oxygen atoms in total. The second-order valence-corrected chi connectivity index (χ2v) is 6.32. The molecule has 0 saturated carbocycles. The molecule has 0 unspecified atom stereocenters. The van der Waals surface area contributed by atoms with Crippen molar-refractivity contribution in [2.45, 2.75) is 32.1 Å². The van der Waals surface area contributed by atoms with E-state index in [1.807, 2.05) is 40.8 Å². The van der Waals surface area contributed by atoms with Gasteiger partial charge in [0.25, 0.3) is 5.91 Å². The Labute approximate surface area is 140 Å². The molecule has 126 valence electrons. The number of aromatic nitrogens is 3. The first-order chi connectivity index (χ1) is 11.7. The molecule has 1 aromatic heterocycles. The topological polar surface area (TPSA) is 69.5 Å². The van der Waals surface area contributed by atoms with E-state index >= 15 is 0 Å². The van der Waals surface area contributed by atoms with Crippen LogP contribution in [-0.4, -0.2) is 51.6 Å². The Balaban J connectivity index is 1.39. The number of carbonyl (C=O) groups excluding carboxylic acids is 1. The molecular weight excluding hydrogens is 308 g/mol. The number of carbonyl (C=O) groups is 1. The summed E-state index contributed by atoms with van der Waals surface area (Å²) in [4.78, 5) is 14.3. The summed E-state index contributed by atoms with van der Waals surface area (Å²) in [6.07, 6.45) is 2.62. The van der Waals surface area contributed by atoms with Crippen molar-refractivity contribution in [3.8, 4) is 5.75 Å². The molecule has 2 aliphatic heterocycles. The third kappa shape index (κ3) is 2.87. The third-order valence-corrected chi connectivity index (χ3v) is 4.66. The monoisotopic (exact) mass is 328 g/mol. The number of hydrogen-bond acceptors (Lipinski definition) is 5. The van der Waals surface area contributed by atoms with E-state index in [9.17, 15) is 4.79 Å². The van der Waals surface area contributed by atoms with Gasteiger partial charge < -0.3 is 14.4 Å². The second kappa shape index (κ2) is 6.24. The molecule has 7 heteroatoms. The molecule has 4 rings (SSSR count). The van der Waals surface area contributed by atoms with Gasteiger partial charge in [0.2, 0.25) is 0 Å². The fourth-order valence-corrected chi connectivity index (χ4v) is 3.28. The zero-order chi connectivity index (χ0) is 16.5. The predicted octanol–water partition coefficient (Wildman–Crippen LogP) is 1.34. The minimum absolute atomic E-state index is 0.0127. The van der Waals surface area contributed by atoms with Crippen molar-refractivity contribution in [3.63, 3.8) is 0 Å². The minimum Gasteiger partial charge on any atom is -0.484 e. The summed E-state index contributed by atoms with van der Waals surface area (Å²) in [5.41, 5.74) is 2.12. The van der Waals surface area contributed by atoms with Gasteiger partial charge in [0.05, 0.1) is 30.6 Å². The highest BCUT2D eigenvalue weighted by Gasteiger charge is 2.37. The first-order valence-corrected chi connectivity index (χ1v) is 8.18. The van der Waals surface area contributed by atoms with Gasteiger partial charge >= 0.3 is 0 Å². The van der Waals surface area contributed by atoms with Crippen LogP contribution < -0.4 is 4.74 Å². The van der Waals surface area contributed by atoms with E-state index in [0.29, 0.717) is 25.4 Å². The van der Waals surface area contributed by atoms with Crippen LogP contribution in [0.4, 0.5) is 0 Å². The summed E-state index contributed by atoms with van der Waals surface area (Å²) in [5, 5.41) is 8.11. The molecule has 0 spiro atoms. The summed E-state index contributed by atoms with van der Waals surface area (Å²) in [6.45, 7) is 3.87. The van der Waals surface area contributed by atoms with Crippen molar-refractivity contribution in [3.05, 3.63) is 41.7 Å². The van der Waals surface area contributed by atoms with Crippen LogP contribution in [0.5, 0.6) is 5.75 Å². The van der Waals surface area contributed by atoms with Crippen molar-refractivity contribution in [1.29, 1.82) is 0 Å². The summed E-state index contributed by atoms with van der Waals surface area (Å²) >= 11 is 0. The Morgan fingerprint density at radius 3 is 3.04 bits per heavy atom. The highest BCUT2D eigenvalue weighted by atomic mass is 16.5. The van der Waals surface area contributed by atoms with E-state index in [0.717, 1.165) is 17.7 Å². The minimum atomic E-state index is -0.0127. The lowest BCUT2D eigenvalue weighted by molar-refractivity contribution is -0.140. The van der Waals surface area contributed by atoms with E-state index in [2.05, 4.69) is 10.3 Å². The van der Waals surface area contributed by atoms with Gasteiger partial charge in [-0.15, -0.1) is 5.10 Å². The van der Waals surface area contributed by atoms with Crippen molar-refractivity contribution >= 4 is 5.91 Å². The number of likely N-dealkylation sites (tertiary alicyclic amines) is 1. The molecule has 1 aromatic carbocycles. The second-order valence-electron chi connectivity index (χ2n) is 6.32. The largest absolute Gasteiger partial charge is 0.484 e. The zero-order valence-electron chi connectivity index (χ0n) is 13.6. The fourth-order valence-electron chi connectivity index (χ4n) is 3.28. The van der Waals surface area contributed by atoms with Crippen LogP contribution in [0.2, 0.25) is 0 Å². The summed E-state index contributed by atoms with van der Waals surface area (Å²) in [6, 6.07) is 7.73. The van der Waals surface area contributed by atoms with Crippen LogP contribution in [0.25, 0.3) is 0 Å². The van der Waals surface area contributed by atoms with Crippen molar-refractivity contribution in [2.75, 3.05) is 19.7 Å². The molecule has 0 aliphatic carbocycles. The highest BCUT2D eigenvalue weighted by Crippen LogP contribution is 2.30. The van der Waals surface area contributed by atoms with Gasteiger partial charge in [0, 0.05) is 13.1 Å². The number of fused-ring (bicyclic) bond motifs is 3. The summed E-state index contributed by atoms with van der Waals surface area (Å²) < 4.78 is 13.4. The van der Waals surface area contributed by atoms with Gasteiger partial charge in [-0.05, 0) is 25.5 Å². The lowest BCUT2D eigenvalue weighted by atomic mass is 10.0. The summed E-state index contributed by atoms with van der Waals surface area (Å²) in [5.74, 6) is 0.699. The Bertz CT molecular complexity index is 728. The molecule has 2 aliphatic rings. The van der Waals surface area contributed by atoms with Crippen LogP contribution in [0, 0.1) is 6.92 Å². The molecule has 2 atom stereocenters. The first kappa shape index (κ1) is 15.1. The number of hydrogen-bond donors (Lipinski definition) is 0. The van der Waals surface area contributed by atoms with Gasteiger partial charge in [0.15, 0.2) is 6.61 Å². The Kier molecular flexibility index (Phi) is 3.93. The maximum atomic E-state index is 12.5. The van der Waals surface area contributed by atoms with Crippen LogP contribution in [-0.2, 0) is 16.1 Å². The molecule has 1 amide bonds. The molecule has 0 radical (unpaired) electrons. The van der Waals surface area contributed by atoms with Crippen molar-refractivity contribution < 1.29 is 14.3 Å². The molecule has 1 saturated heterocycles. The predicted molar refractivity (Wildman–Crippen MR) is 85.5 cm³/mol. The number of benzene rings is 1. The van der Waals surface area contributed by atoms with Gasteiger partial charge in [-0.2, -0.15) is 0 Å². The number of piperidine rings is 1. The number of aryl methyl sites for hydroxylation is 1. The third-order valence-electron chi connectivity index (χ3n) is 4.66. The lowest BCUT2D eigenvalue weighted by Crippen LogP contribution is -2.50. The molecule has 0 N–H and O–H groups in total. The normalized spacial score (nSPS) is 22.6. The van der Waals surface area contributed by atoms with Gasteiger partial charge in [-0.25, -0.2) is 4.68 Å². The standard InChI is InChI=1S/C17H20N4O3/c1-12-2-4-14(5-3-12)23-11-17(22)20-7-6-16-15(9-20)21-13(10-24-16)8-18-19-21/h2-5,8,15-16H,6-7,9-11H2,1H3/t15-,16-/m1/s1. The molecular formula is C17H20N4O3. The highest BCUT2D eigenvalue weighted by molar-refractivity contribution is 5.78. The van der Waals surface area contributed by atoms with E-state index in [-0.39, 0.29) is 24.7 Å². The number of amides is 1. The maximum absolute atomic E-state index is 12.5. The van der Waals surface area contributed by atoms with Gasteiger partial charge in [-0.1, -0.05) is 22.9 Å². The van der Waals surface area contributed by atoms with Crippen molar-refractivity contribution in [1.82, 2.24) is 19.9 Å². The smallest absolute Gasteiger partial charge is 0.260 e. The molecule has 24 heavy (non-hydrogen) atoms. The number of ether oxygens (including phenoxy) is 2. The van der Waals surface area contributed by atoms with E-state index in [1.165, 1.54) is 0 Å². The zero-order valence-corrected chi connectivity index (χ0v) is 13.6. The van der Waals surface area contributed by atoms with Crippen molar-refractivity contribution in [2.24, 2.45) is 0 Å². The molecule has 1 fully saturated rings. The van der Waals surface area contributed by atoms with Gasteiger partial charge in [0.1, 0.15) is 5.75 Å². The number of nitrogens with zero attached hydrogens (tertiary/aromatic N) is 4. The van der Waals surface area contributed by atoms with E-state index < -0.39 is 0 Å². The van der Waals surface area contributed by atoms with E-state index in [4.69, 9.17) is 9.47 Å². The fraction of sp³-hybridized carbons (Fsp3) is 0.471.